The van der Waals surface area contributed by atoms with Crippen LogP contribution < -0.4 is 0 Å². The van der Waals surface area contributed by atoms with Gasteiger partial charge in [-0.15, -0.1) is 4.31 Å². The molecule has 1 atom stereocenters. The lowest BCUT2D eigenvalue weighted by Gasteiger charge is -2.43. The average Bonchev–Trinajstić information content (AvgIpc) is 2.77. The molecule has 2 rings (SSSR count). The minimum atomic E-state index is -7.68. The summed E-state index contributed by atoms with van der Waals surface area (Å²) in [6.07, 6.45) is -5.84. The normalized spacial score (nSPS) is 20.8. The van der Waals surface area contributed by atoms with Crippen molar-refractivity contribution in [1.82, 2.24) is 4.31 Å². The second kappa shape index (κ2) is 8.73. The van der Waals surface area contributed by atoms with Crippen LogP contribution >= 0.6 is 0 Å². The molecule has 0 heterocycles. The highest BCUT2D eigenvalue weighted by molar-refractivity contribution is 7.90. The fraction of sp³-hybridized carbons (Fsp3) is 0.474. The van der Waals surface area contributed by atoms with Crippen molar-refractivity contribution in [2.24, 2.45) is 5.41 Å². The lowest BCUT2D eigenvalue weighted by atomic mass is 9.77. The van der Waals surface area contributed by atoms with Gasteiger partial charge in [0.1, 0.15) is 0 Å². The number of nitrogens with zero attached hydrogens (tertiary/aromatic N) is 1. The summed E-state index contributed by atoms with van der Waals surface area (Å²) in [5.74, 6) is -15.3. The first-order chi connectivity index (χ1) is 15.6. The maximum Gasteiger partial charge on any atom is 0.460 e. The van der Waals surface area contributed by atoms with E-state index in [0.717, 1.165) is 12.2 Å². The number of hydrogen-bond acceptors (Lipinski definition) is 3. The van der Waals surface area contributed by atoms with Gasteiger partial charge in [0.15, 0.2) is 0 Å². The van der Waals surface area contributed by atoms with E-state index in [9.17, 15) is 53.0 Å². The molecule has 1 aromatic carbocycles. The monoisotopic (exact) mass is 547 g/mol. The van der Waals surface area contributed by atoms with Gasteiger partial charge < -0.3 is 5.11 Å². The molecule has 1 aliphatic rings. The minimum Gasteiger partial charge on any atom is -0.395 e. The molecule has 0 spiro atoms. The standard InChI is InChI=1S/C19H16F11NO3S/c1-31(35(33,34)19(29,30)16(22,23)15(20,21)17(24,25)26)18(27,28)14(11-32)9-7-13(8-10-14)12-5-3-2-4-6-12/h2-9,32H,10-11H2,1H3. The van der Waals surface area contributed by atoms with Gasteiger partial charge in [0, 0.05) is 7.05 Å². The first kappa shape index (κ1) is 29.0. The molecule has 1 N–H and O–H groups in total. The van der Waals surface area contributed by atoms with E-state index in [4.69, 9.17) is 0 Å². The molecular formula is C19H16F11NO3S. The molecule has 16 heteroatoms. The third-order valence-corrected chi connectivity index (χ3v) is 7.31. The van der Waals surface area contributed by atoms with Gasteiger partial charge in [0.05, 0.1) is 12.0 Å². The van der Waals surface area contributed by atoms with Gasteiger partial charge in [-0.2, -0.15) is 48.3 Å². The van der Waals surface area contributed by atoms with Crippen molar-refractivity contribution < 1.29 is 61.8 Å². The Morgan fingerprint density at radius 2 is 1.43 bits per heavy atom. The lowest BCUT2D eigenvalue weighted by molar-refractivity contribution is -0.382. The van der Waals surface area contributed by atoms with Crippen molar-refractivity contribution in [3.8, 4) is 0 Å². The van der Waals surface area contributed by atoms with E-state index in [-0.39, 0.29) is 5.57 Å². The van der Waals surface area contributed by atoms with Crippen molar-refractivity contribution in [2.75, 3.05) is 13.7 Å². The Bertz CT molecular complexity index is 1100. The Morgan fingerprint density at radius 3 is 1.83 bits per heavy atom. The van der Waals surface area contributed by atoms with Gasteiger partial charge in [-0.1, -0.05) is 48.6 Å². The number of aliphatic hydroxyl groups is 1. The van der Waals surface area contributed by atoms with E-state index in [1.165, 1.54) is 12.1 Å². The summed E-state index contributed by atoms with van der Waals surface area (Å²) in [5.41, 5.74) is -2.34. The van der Waals surface area contributed by atoms with Crippen LogP contribution in [0.1, 0.15) is 12.0 Å². The third kappa shape index (κ3) is 4.22. The second-order valence-electron chi connectivity index (χ2n) is 7.55. The molecule has 1 aliphatic carbocycles. The number of rotatable bonds is 8. The molecule has 0 amide bonds. The molecule has 0 saturated carbocycles. The van der Waals surface area contributed by atoms with E-state index in [2.05, 4.69) is 0 Å². The average molecular weight is 547 g/mol. The number of alkyl halides is 11. The first-order valence-electron chi connectivity index (χ1n) is 9.26. The number of allylic oxidation sites excluding steroid dienone is 3. The molecule has 0 aliphatic heterocycles. The van der Waals surface area contributed by atoms with Gasteiger partial charge in [-0.05, 0) is 17.6 Å². The minimum absolute atomic E-state index is 0.262. The number of halogens is 11. The fourth-order valence-corrected chi connectivity index (χ4v) is 4.40. The molecule has 198 valence electrons. The summed E-state index contributed by atoms with van der Waals surface area (Å²) >= 11 is 0. The van der Waals surface area contributed by atoms with E-state index < -0.39 is 69.1 Å². The van der Waals surface area contributed by atoms with Gasteiger partial charge in [0.2, 0.25) is 0 Å². The highest BCUT2D eigenvalue weighted by atomic mass is 32.2. The SMILES string of the molecule is CN(C(F)(F)C1(CO)C=CC(c2ccccc2)=CC1)S(=O)(=O)C(F)(F)C(F)(F)C(F)(F)C(F)(F)F. The quantitative estimate of drug-likeness (QED) is 0.356. The number of sulfonamides is 1. The number of hydrogen-bond donors (Lipinski definition) is 1. The molecular weight excluding hydrogens is 531 g/mol. The largest absolute Gasteiger partial charge is 0.460 e. The summed E-state index contributed by atoms with van der Waals surface area (Å²) in [6.45, 7) is -1.66. The van der Waals surface area contributed by atoms with Crippen molar-refractivity contribution >= 4 is 15.6 Å². The maximum absolute atomic E-state index is 15.2. The predicted molar refractivity (Wildman–Crippen MR) is 100 cm³/mol. The van der Waals surface area contributed by atoms with E-state index >= 15 is 8.78 Å². The first-order valence-corrected chi connectivity index (χ1v) is 10.7. The molecule has 1 unspecified atom stereocenters. The molecule has 0 saturated heterocycles. The van der Waals surface area contributed by atoms with Crippen LogP contribution in [0.2, 0.25) is 0 Å². The van der Waals surface area contributed by atoms with Crippen molar-refractivity contribution in [3.63, 3.8) is 0 Å². The Hall–Kier alpha value is -2.20. The van der Waals surface area contributed by atoms with Crippen molar-refractivity contribution in [2.45, 2.75) is 35.7 Å². The zero-order valence-electron chi connectivity index (χ0n) is 17.3. The zero-order chi connectivity index (χ0) is 27.3. The summed E-state index contributed by atoms with van der Waals surface area (Å²) in [5, 5.41) is 2.21. The van der Waals surface area contributed by atoms with Crippen LogP contribution in [-0.4, -0.2) is 60.8 Å². The Balaban J connectivity index is 2.51. The molecule has 0 bridgehead atoms. The van der Waals surface area contributed by atoms with Crippen LogP contribution in [0.25, 0.3) is 5.57 Å². The third-order valence-electron chi connectivity index (χ3n) is 5.45. The van der Waals surface area contributed by atoms with Gasteiger partial charge in [-0.25, -0.2) is 8.42 Å². The summed E-state index contributed by atoms with van der Waals surface area (Å²) in [7, 11) is -8.02. The molecule has 35 heavy (non-hydrogen) atoms. The Kier molecular flexibility index (Phi) is 7.24. The smallest absolute Gasteiger partial charge is 0.395 e. The second-order valence-corrected chi connectivity index (χ2v) is 9.56. The van der Waals surface area contributed by atoms with Crippen molar-refractivity contribution in [3.05, 3.63) is 54.1 Å². The van der Waals surface area contributed by atoms with Crippen LogP contribution in [0.3, 0.4) is 0 Å². The van der Waals surface area contributed by atoms with Crippen LogP contribution in [-0.2, 0) is 10.0 Å². The van der Waals surface area contributed by atoms with Crippen LogP contribution in [0, 0.1) is 5.41 Å². The molecule has 0 fully saturated rings. The fourth-order valence-electron chi connectivity index (χ4n) is 3.12. The summed E-state index contributed by atoms with van der Waals surface area (Å²) in [4.78, 5) is 0. The van der Waals surface area contributed by atoms with Crippen LogP contribution in [0.5, 0.6) is 0 Å². The Morgan fingerprint density at radius 1 is 0.914 bits per heavy atom. The van der Waals surface area contributed by atoms with E-state index in [1.807, 2.05) is 0 Å². The zero-order valence-corrected chi connectivity index (χ0v) is 18.1. The molecule has 0 aromatic heterocycles. The van der Waals surface area contributed by atoms with Gasteiger partial charge >= 0.3 is 29.3 Å². The Labute approximate surface area is 191 Å². The van der Waals surface area contributed by atoms with Crippen LogP contribution in [0.4, 0.5) is 48.3 Å². The van der Waals surface area contributed by atoms with E-state index in [1.54, 1.807) is 18.2 Å². The molecule has 1 aromatic rings. The highest BCUT2D eigenvalue weighted by Crippen LogP contribution is 2.57. The van der Waals surface area contributed by atoms with E-state index in [0.29, 0.717) is 11.6 Å². The lowest BCUT2D eigenvalue weighted by Crippen LogP contribution is -2.67. The predicted octanol–water partition coefficient (Wildman–Crippen LogP) is 5.29. The molecule has 0 radical (unpaired) electrons. The number of aliphatic hydroxyl groups excluding tert-OH is 1. The topological polar surface area (TPSA) is 57.6 Å². The summed E-state index contributed by atoms with van der Waals surface area (Å²) in [6, 6.07) is 2.59. The van der Waals surface area contributed by atoms with Gasteiger partial charge in [-0.3, -0.25) is 0 Å². The highest BCUT2D eigenvalue weighted by Gasteiger charge is 2.86. The summed E-state index contributed by atoms with van der Waals surface area (Å²) < 4.78 is 171. The van der Waals surface area contributed by atoms with Gasteiger partial charge in [0.25, 0.3) is 10.0 Å². The van der Waals surface area contributed by atoms with Crippen molar-refractivity contribution in [1.29, 1.82) is 0 Å². The maximum atomic E-state index is 15.2. The van der Waals surface area contributed by atoms with Crippen LogP contribution in [0.15, 0.2) is 48.6 Å². The number of benzene rings is 1. The molecule has 4 nitrogen and oxygen atoms in total.